The van der Waals surface area contributed by atoms with E-state index >= 15 is 0 Å². The molecule has 0 aromatic heterocycles. The van der Waals surface area contributed by atoms with Gasteiger partial charge in [-0.1, -0.05) is 36.7 Å². The Morgan fingerprint density at radius 1 is 1.00 bits per heavy atom. The van der Waals surface area contributed by atoms with Gasteiger partial charge in [-0.25, -0.2) is 0 Å². The first-order chi connectivity index (χ1) is 11.9. The average Bonchev–Trinajstić information content (AvgIpc) is 2.54. The lowest BCUT2D eigenvalue weighted by atomic mass is 9.49. The van der Waals surface area contributed by atoms with Gasteiger partial charge in [0, 0.05) is 0 Å². The van der Waals surface area contributed by atoms with Crippen molar-refractivity contribution in [2.45, 2.75) is 89.5 Å². The van der Waals surface area contributed by atoms with Gasteiger partial charge in [-0.2, -0.15) is 0 Å². The van der Waals surface area contributed by atoms with E-state index in [0.717, 1.165) is 30.1 Å². The van der Waals surface area contributed by atoms with Gasteiger partial charge >= 0.3 is 5.97 Å². The third kappa shape index (κ3) is 3.44. The number of rotatable bonds is 4. The normalized spacial score (nSPS) is 47.1. The first kappa shape index (κ1) is 18.3. The summed E-state index contributed by atoms with van der Waals surface area (Å²) < 4.78 is 6.18. The van der Waals surface area contributed by atoms with Gasteiger partial charge < -0.3 is 4.74 Å². The van der Waals surface area contributed by atoms with Crippen molar-refractivity contribution in [1.29, 1.82) is 0 Å². The molecule has 0 heterocycles. The van der Waals surface area contributed by atoms with Crippen LogP contribution >= 0.6 is 15.9 Å². The Balaban J connectivity index is 1.44. The highest BCUT2D eigenvalue weighted by Crippen LogP contribution is 2.62. The Labute approximate surface area is 162 Å². The van der Waals surface area contributed by atoms with Gasteiger partial charge in [0.2, 0.25) is 0 Å². The number of halogens is 1. The molecule has 3 heteroatoms. The minimum atomic E-state index is -0.0828. The molecule has 0 radical (unpaired) electrons. The van der Waals surface area contributed by atoms with Crippen LogP contribution in [-0.4, -0.2) is 16.9 Å². The van der Waals surface area contributed by atoms with Crippen LogP contribution in [0, 0.1) is 40.9 Å². The Morgan fingerprint density at radius 2 is 1.56 bits per heavy atom. The zero-order valence-corrected chi connectivity index (χ0v) is 17.8. The van der Waals surface area contributed by atoms with Gasteiger partial charge in [0.05, 0.1) is 0 Å². The quantitative estimate of drug-likeness (QED) is 0.421. The predicted octanol–water partition coefficient (Wildman–Crippen LogP) is 5.97. The van der Waals surface area contributed by atoms with Crippen molar-refractivity contribution in [3.05, 3.63) is 0 Å². The Kier molecular flexibility index (Phi) is 5.01. The third-order valence-corrected chi connectivity index (χ3v) is 9.40. The van der Waals surface area contributed by atoms with Crippen molar-refractivity contribution < 1.29 is 9.53 Å². The molecule has 5 aliphatic carbocycles. The molecule has 0 spiro atoms. The molecular formula is C22H35BrO2. The second kappa shape index (κ2) is 6.84. The average molecular weight is 411 g/mol. The van der Waals surface area contributed by atoms with E-state index in [1.54, 1.807) is 0 Å². The Hall–Kier alpha value is -0.0500. The molecule has 0 aromatic carbocycles. The van der Waals surface area contributed by atoms with E-state index in [1.807, 2.05) is 0 Å². The molecule has 4 bridgehead atoms. The number of alkyl halides is 1. The minimum absolute atomic E-state index is 0.0483. The maximum atomic E-state index is 13.1. The summed E-state index contributed by atoms with van der Waals surface area (Å²) in [4.78, 5) is 13.0. The highest BCUT2D eigenvalue weighted by Gasteiger charge is 2.56. The van der Waals surface area contributed by atoms with Crippen LogP contribution in [-0.2, 0) is 9.53 Å². The largest absolute Gasteiger partial charge is 0.461 e. The van der Waals surface area contributed by atoms with E-state index in [2.05, 4.69) is 36.7 Å². The topological polar surface area (TPSA) is 26.3 Å². The van der Waals surface area contributed by atoms with Crippen LogP contribution in [0.5, 0.6) is 0 Å². The van der Waals surface area contributed by atoms with Gasteiger partial charge in [0.25, 0.3) is 0 Å². The van der Waals surface area contributed by atoms with Crippen LogP contribution in [0.15, 0.2) is 0 Å². The lowest BCUT2D eigenvalue weighted by Crippen LogP contribution is -2.53. The first-order valence-electron chi connectivity index (χ1n) is 10.7. The summed E-state index contributed by atoms with van der Waals surface area (Å²) in [5.74, 6) is 4.56. The number of esters is 1. The van der Waals surface area contributed by atoms with E-state index < -0.39 is 0 Å². The molecule has 5 fully saturated rings. The lowest BCUT2D eigenvalue weighted by molar-refractivity contribution is -0.161. The van der Waals surface area contributed by atoms with Crippen molar-refractivity contribution in [3.8, 4) is 0 Å². The summed E-state index contributed by atoms with van der Waals surface area (Å²) in [6.07, 6.45) is 11.6. The van der Waals surface area contributed by atoms with Gasteiger partial charge in [0.15, 0.2) is 0 Å². The number of hydrogen-bond acceptors (Lipinski definition) is 2. The zero-order chi connectivity index (χ0) is 17.8. The Morgan fingerprint density at radius 3 is 2.08 bits per heavy atom. The molecule has 0 unspecified atom stereocenters. The lowest BCUT2D eigenvalue weighted by Gasteiger charge is -2.58. The third-order valence-electron chi connectivity index (χ3n) is 8.05. The van der Waals surface area contributed by atoms with Crippen LogP contribution in [0.4, 0.5) is 0 Å². The van der Waals surface area contributed by atoms with Crippen molar-refractivity contribution in [3.63, 3.8) is 0 Å². The molecule has 4 atom stereocenters. The van der Waals surface area contributed by atoms with E-state index in [1.165, 1.54) is 51.4 Å². The fourth-order valence-electron chi connectivity index (χ4n) is 7.19. The number of ether oxygens (including phenoxy) is 1. The summed E-state index contributed by atoms with van der Waals surface area (Å²) in [7, 11) is 0. The molecule has 5 rings (SSSR count). The van der Waals surface area contributed by atoms with Crippen molar-refractivity contribution in [2.75, 3.05) is 0 Å². The van der Waals surface area contributed by atoms with E-state index in [-0.39, 0.29) is 22.3 Å². The monoisotopic (exact) mass is 410 g/mol. The van der Waals surface area contributed by atoms with Gasteiger partial charge in [0.1, 0.15) is 10.9 Å². The molecule has 25 heavy (non-hydrogen) atoms. The second-order valence-electron chi connectivity index (χ2n) is 10.4. The van der Waals surface area contributed by atoms with E-state index in [9.17, 15) is 4.79 Å². The molecule has 2 nitrogen and oxygen atoms in total. The maximum absolute atomic E-state index is 13.1. The van der Waals surface area contributed by atoms with Gasteiger partial charge in [-0.15, -0.1) is 0 Å². The summed E-state index contributed by atoms with van der Waals surface area (Å²) in [5.41, 5.74) is 0.196. The predicted molar refractivity (Wildman–Crippen MR) is 105 cm³/mol. The van der Waals surface area contributed by atoms with Crippen molar-refractivity contribution in [2.24, 2.45) is 40.9 Å². The highest BCUT2D eigenvalue weighted by atomic mass is 79.9. The molecule has 142 valence electrons. The van der Waals surface area contributed by atoms with Crippen molar-refractivity contribution >= 4 is 21.9 Å². The van der Waals surface area contributed by atoms with Gasteiger partial charge in [-0.3, -0.25) is 4.79 Å². The fourth-order valence-corrected chi connectivity index (χ4v) is 7.86. The zero-order valence-electron chi connectivity index (χ0n) is 16.2. The number of carbonyl (C=O) groups is 1. The molecular weight excluding hydrogens is 376 g/mol. The molecule has 0 N–H and O–H groups in total. The fraction of sp³-hybridized carbons (Fsp3) is 0.955. The number of hydrogen-bond donors (Lipinski definition) is 0. The Bertz CT molecular complexity index is 479. The second-order valence-corrected chi connectivity index (χ2v) is 11.4. The number of carbonyl (C=O) groups excluding carboxylic acids is 1. The first-order valence-corrected chi connectivity index (χ1v) is 11.6. The summed E-state index contributed by atoms with van der Waals surface area (Å²) in [5, 5.41) is 0. The van der Waals surface area contributed by atoms with Crippen LogP contribution in [0.1, 0.15) is 78.6 Å². The molecule has 5 aliphatic rings. The van der Waals surface area contributed by atoms with E-state index in [4.69, 9.17) is 4.74 Å². The summed E-state index contributed by atoms with van der Waals surface area (Å²) in [6.45, 7) is 6.92. The molecule has 0 saturated heterocycles. The van der Waals surface area contributed by atoms with E-state index in [0.29, 0.717) is 11.8 Å². The SMILES string of the molecule is CC(C)[C@H]1C[C@H](C)CC[C@@H]1OC(=O)[C@H](Br)C12CC3CC(CC(C3)C1)C2. The summed E-state index contributed by atoms with van der Waals surface area (Å²) in [6, 6.07) is 0. The van der Waals surface area contributed by atoms with Crippen LogP contribution < -0.4 is 0 Å². The van der Waals surface area contributed by atoms with Crippen LogP contribution in [0.25, 0.3) is 0 Å². The summed E-state index contributed by atoms with van der Waals surface area (Å²) >= 11 is 3.85. The molecule has 0 aliphatic heterocycles. The molecule has 0 aromatic rings. The molecule has 0 amide bonds. The van der Waals surface area contributed by atoms with Crippen LogP contribution in [0.2, 0.25) is 0 Å². The van der Waals surface area contributed by atoms with Crippen LogP contribution in [0.3, 0.4) is 0 Å². The minimum Gasteiger partial charge on any atom is -0.461 e. The smallest absolute Gasteiger partial charge is 0.320 e. The standard InChI is InChI=1S/C22H35BrO2/c1-13(2)18-6-14(3)4-5-19(18)25-21(24)20(23)22-10-15-7-16(11-22)9-17(8-15)12-22/h13-20H,4-12H2,1-3H3/t14-,15?,16?,17?,18-,19+,20+,22?/m1/s1. The van der Waals surface area contributed by atoms with Crippen molar-refractivity contribution in [1.82, 2.24) is 0 Å². The van der Waals surface area contributed by atoms with Gasteiger partial charge in [-0.05, 0) is 98.7 Å². The highest BCUT2D eigenvalue weighted by molar-refractivity contribution is 9.10. The molecule has 5 saturated carbocycles. The maximum Gasteiger partial charge on any atom is 0.320 e.